The smallest absolute Gasteiger partial charge is 0.123 e. The number of nitrogens with two attached hydrogens (primary N) is 1. The highest BCUT2D eigenvalue weighted by Gasteiger charge is 2.30. The Balaban J connectivity index is 1.89. The van der Waals surface area contributed by atoms with Crippen molar-refractivity contribution in [1.82, 2.24) is 0 Å². The average Bonchev–Trinajstić information content (AvgIpc) is 2.49. The van der Waals surface area contributed by atoms with E-state index in [1.165, 1.54) is 11.3 Å². The van der Waals surface area contributed by atoms with Crippen molar-refractivity contribution in [1.29, 1.82) is 0 Å². The predicted molar refractivity (Wildman–Crippen MR) is 76.4 cm³/mol. The van der Waals surface area contributed by atoms with Gasteiger partial charge in [0.15, 0.2) is 0 Å². The van der Waals surface area contributed by atoms with Crippen LogP contribution < -0.4 is 5.73 Å². The van der Waals surface area contributed by atoms with Gasteiger partial charge in [-0.25, -0.2) is 0 Å². The summed E-state index contributed by atoms with van der Waals surface area (Å²) in [6.07, 6.45) is 2.86. The maximum Gasteiger partial charge on any atom is 0.123 e. The highest BCUT2D eigenvalue weighted by Crippen LogP contribution is 2.31. The van der Waals surface area contributed by atoms with Gasteiger partial charge < -0.3 is 10.5 Å². The van der Waals surface area contributed by atoms with Gasteiger partial charge in [0.05, 0.1) is 5.71 Å². The molecule has 0 radical (unpaired) electrons. The topological polar surface area (TPSA) is 60.0 Å². The van der Waals surface area contributed by atoms with E-state index in [0.29, 0.717) is 11.8 Å². The van der Waals surface area contributed by atoms with Crippen LogP contribution in [0.3, 0.4) is 0 Å². The van der Waals surface area contributed by atoms with Crippen molar-refractivity contribution >= 4 is 11.5 Å². The molecule has 4 nitrogen and oxygen atoms in total. The molecule has 1 unspecified atom stereocenters. The molecular formula is C15H19N3O. The van der Waals surface area contributed by atoms with Gasteiger partial charge in [-0.15, -0.1) is 5.10 Å². The third-order valence-electron chi connectivity index (χ3n) is 3.91. The van der Waals surface area contributed by atoms with Crippen LogP contribution in [-0.2, 0) is 4.74 Å². The van der Waals surface area contributed by atoms with Gasteiger partial charge in [-0.2, -0.15) is 5.10 Å². The summed E-state index contributed by atoms with van der Waals surface area (Å²) in [4.78, 5) is 0. The molecule has 0 bridgehead atoms. The molecule has 1 fully saturated rings. The predicted octanol–water partition coefficient (Wildman–Crippen LogP) is 2.31. The summed E-state index contributed by atoms with van der Waals surface area (Å²) in [5.41, 5.74) is 8.34. The molecule has 2 aliphatic heterocycles. The summed E-state index contributed by atoms with van der Waals surface area (Å²) in [7, 11) is 0. The molecule has 0 amide bonds. The Morgan fingerprint density at radius 1 is 1.05 bits per heavy atom. The standard InChI is InChI=1S/C15H19N3O/c16-14-10-13(11-4-2-1-3-5-11)15(18-17-14)12-6-8-19-9-7-12/h1-5,12-13H,6-10H2,(H2,16,17). The van der Waals surface area contributed by atoms with Gasteiger partial charge in [0.2, 0.25) is 0 Å². The summed E-state index contributed by atoms with van der Waals surface area (Å²) in [6, 6.07) is 10.5. The Kier molecular flexibility index (Phi) is 3.60. The number of hydrogen-bond donors (Lipinski definition) is 1. The molecule has 0 aliphatic carbocycles. The zero-order chi connectivity index (χ0) is 13.1. The zero-order valence-electron chi connectivity index (χ0n) is 11.0. The van der Waals surface area contributed by atoms with Crippen LogP contribution >= 0.6 is 0 Å². The normalized spacial score (nSPS) is 24.7. The van der Waals surface area contributed by atoms with Gasteiger partial charge in [0.1, 0.15) is 5.84 Å². The molecule has 4 heteroatoms. The summed E-state index contributed by atoms with van der Waals surface area (Å²) < 4.78 is 5.44. The van der Waals surface area contributed by atoms with Crippen molar-refractivity contribution in [3.8, 4) is 0 Å². The monoisotopic (exact) mass is 257 g/mol. The van der Waals surface area contributed by atoms with Gasteiger partial charge in [-0.05, 0) is 18.4 Å². The molecule has 19 heavy (non-hydrogen) atoms. The van der Waals surface area contributed by atoms with Crippen molar-refractivity contribution in [2.75, 3.05) is 13.2 Å². The summed E-state index contributed by atoms with van der Waals surface area (Å²) >= 11 is 0. The first kappa shape index (κ1) is 12.4. The fourth-order valence-corrected chi connectivity index (χ4v) is 2.88. The molecule has 2 N–H and O–H groups in total. The summed E-state index contributed by atoms with van der Waals surface area (Å²) in [6.45, 7) is 1.65. The highest BCUT2D eigenvalue weighted by atomic mass is 16.5. The first-order chi connectivity index (χ1) is 9.34. The van der Waals surface area contributed by atoms with Crippen LogP contribution in [0.5, 0.6) is 0 Å². The first-order valence-corrected chi connectivity index (χ1v) is 6.87. The van der Waals surface area contributed by atoms with E-state index in [4.69, 9.17) is 10.5 Å². The molecule has 0 spiro atoms. The highest BCUT2D eigenvalue weighted by molar-refractivity contribution is 5.99. The third kappa shape index (κ3) is 2.68. The lowest BCUT2D eigenvalue weighted by atomic mass is 9.80. The van der Waals surface area contributed by atoms with E-state index in [1.807, 2.05) is 6.07 Å². The Labute approximate surface area is 113 Å². The van der Waals surface area contributed by atoms with E-state index < -0.39 is 0 Å². The zero-order valence-corrected chi connectivity index (χ0v) is 11.0. The van der Waals surface area contributed by atoms with Crippen LogP contribution in [0.4, 0.5) is 0 Å². The third-order valence-corrected chi connectivity index (χ3v) is 3.91. The number of hydrogen-bond acceptors (Lipinski definition) is 4. The fourth-order valence-electron chi connectivity index (χ4n) is 2.88. The molecule has 1 aromatic rings. The number of benzene rings is 1. The SMILES string of the molecule is NC1=NN=C(C2CCOCC2)C(c2ccccc2)C1. The lowest BCUT2D eigenvalue weighted by Crippen LogP contribution is -2.32. The number of amidine groups is 1. The maximum atomic E-state index is 5.87. The molecular weight excluding hydrogens is 238 g/mol. The minimum Gasteiger partial charge on any atom is -0.386 e. The molecule has 1 atom stereocenters. The Morgan fingerprint density at radius 3 is 2.53 bits per heavy atom. The van der Waals surface area contributed by atoms with Gasteiger partial charge in [0, 0.05) is 31.5 Å². The minimum atomic E-state index is 0.279. The molecule has 3 rings (SSSR count). The van der Waals surface area contributed by atoms with E-state index in [2.05, 4.69) is 34.5 Å². The molecule has 1 aromatic carbocycles. The van der Waals surface area contributed by atoms with Crippen molar-refractivity contribution in [3.05, 3.63) is 35.9 Å². The quantitative estimate of drug-likeness (QED) is 0.883. The van der Waals surface area contributed by atoms with Crippen molar-refractivity contribution in [3.63, 3.8) is 0 Å². The van der Waals surface area contributed by atoms with Crippen LogP contribution in [0.2, 0.25) is 0 Å². The average molecular weight is 257 g/mol. The van der Waals surface area contributed by atoms with Crippen LogP contribution in [-0.4, -0.2) is 24.8 Å². The minimum absolute atomic E-state index is 0.279. The second kappa shape index (κ2) is 5.53. The molecule has 1 saturated heterocycles. The molecule has 2 aliphatic rings. The van der Waals surface area contributed by atoms with E-state index in [1.54, 1.807) is 0 Å². The lowest BCUT2D eigenvalue weighted by Gasteiger charge is -2.30. The van der Waals surface area contributed by atoms with Crippen molar-refractivity contribution in [2.24, 2.45) is 21.9 Å². The largest absolute Gasteiger partial charge is 0.386 e. The van der Waals surface area contributed by atoms with Crippen LogP contribution in [0.15, 0.2) is 40.5 Å². The molecule has 2 heterocycles. The second-order valence-corrected chi connectivity index (χ2v) is 5.17. The van der Waals surface area contributed by atoms with Crippen molar-refractivity contribution in [2.45, 2.75) is 25.2 Å². The molecule has 0 saturated carbocycles. The van der Waals surface area contributed by atoms with E-state index in [0.717, 1.165) is 32.5 Å². The Morgan fingerprint density at radius 2 is 1.79 bits per heavy atom. The lowest BCUT2D eigenvalue weighted by molar-refractivity contribution is 0.0820. The number of nitrogens with zero attached hydrogens (tertiary/aromatic N) is 2. The Hall–Kier alpha value is -1.68. The van der Waals surface area contributed by atoms with Crippen LogP contribution in [0.25, 0.3) is 0 Å². The Bertz CT molecular complexity index is 489. The van der Waals surface area contributed by atoms with Crippen molar-refractivity contribution < 1.29 is 4.74 Å². The number of ether oxygens (including phenoxy) is 1. The molecule has 100 valence electrons. The fraction of sp³-hybridized carbons (Fsp3) is 0.467. The van der Waals surface area contributed by atoms with Crippen LogP contribution in [0, 0.1) is 5.92 Å². The van der Waals surface area contributed by atoms with E-state index >= 15 is 0 Å². The van der Waals surface area contributed by atoms with Crippen LogP contribution in [0.1, 0.15) is 30.7 Å². The summed E-state index contributed by atoms with van der Waals surface area (Å²) in [5.74, 6) is 1.39. The second-order valence-electron chi connectivity index (χ2n) is 5.17. The number of rotatable bonds is 2. The van der Waals surface area contributed by atoms with Gasteiger partial charge in [-0.3, -0.25) is 0 Å². The van der Waals surface area contributed by atoms with Gasteiger partial charge >= 0.3 is 0 Å². The first-order valence-electron chi connectivity index (χ1n) is 6.87. The van der Waals surface area contributed by atoms with Gasteiger partial charge in [0.25, 0.3) is 0 Å². The summed E-state index contributed by atoms with van der Waals surface area (Å²) in [5, 5.41) is 8.52. The van der Waals surface area contributed by atoms with E-state index in [-0.39, 0.29) is 5.92 Å². The maximum absolute atomic E-state index is 5.87. The van der Waals surface area contributed by atoms with Gasteiger partial charge in [-0.1, -0.05) is 30.3 Å². The van der Waals surface area contributed by atoms with E-state index in [9.17, 15) is 0 Å². The molecule has 0 aromatic heterocycles.